The maximum atomic E-state index is 10.0. The zero-order chi connectivity index (χ0) is 50.8. The van der Waals surface area contributed by atoms with Crippen LogP contribution in [0.3, 0.4) is 0 Å². The molecule has 346 valence electrons. The molecule has 0 spiro atoms. The average Bonchev–Trinajstić information content (AvgIpc) is 3.82. The molecule has 9 heteroatoms. The molecule has 3 heterocycles. The summed E-state index contributed by atoms with van der Waals surface area (Å²) in [4.78, 5) is 21.0. The molecule has 9 aromatic carbocycles. The van der Waals surface area contributed by atoms with Crippen LogP contribution in [0.4, 0.5) is 0 Å². The van der Waals surface area contributed by atoms with Gasteiger partial charge in [0.25, 0.3) is 0 Å². The van der Waals surface area contributed by atoms with Gasteiger partial charge < -0.3 is 4.57 Å². The first-order valence-electron chi connectivity index (χ1n) is 24.1. The van der Waals surface area contributed by atoms with E-state index >= 15 is 0 Å². The van der Waals surface area contributed by atoms with Gasteiger partial charge in [0.05, 0.1) is 86.0 Å². The van der Waals surface area contributed by atoms with Crippen LogP contribution in [0.1, 0.15) is 22.3 Å². The predicted octanol–water partition coefficient (Wildman–Crippen LogP) is 15.2. The molecule has 0 aliphatic heterocycles. The van der Waals surface area contributed by atoms with Gasteiger partial charge >= 0.3 is 0 Å². The van der Waals surface area contributed by atoms with Crippen LogP contribution < -0.4 is 0 Å². The van der Waals surface area contributed by atoms with Gasteiger partial charge in [0.15, 0.2) is 11.6 Å². The molecule has 0 saturated carbocycles. The molecular weight excluding hydrogens is 919 g/mol. The largest absolute Gasteiger partial charge is 0.309 e. The number of hydrogen-bond acceptors (Lipinski definition) is 8. The lowest BCUT2D eigenvalue weighted by Crippen LogP contribution is -2.02. The number of nitriles is 4. The molecule has 0 amide bonds. The van der Waals surface area contributed by atoms with E-state index in [1.54, 1.807) is 36.4 Å². The first-order chi connectivity index (χ1) is 36.9. The van der Waals surface area contributed by atoms with Crippen molar-refractivity contribution >= 4 is 21.8 Å². The Labute approximate surface area is 432 Å². The van der Waals surface area contributed by atoms with Crippen molar-refractivity contribution in [2.24, 2.45) is 0 Å². The van der Waals surface area contributed by atoms with E-state index in [-0.39, 0.29) is 0 Å². The second-order valence-corrected chi connectivity index (χ2v) is 18.0. The highest BCUT2D eigenvalue weighted by molar-refractivity contribution is 6.12. The maximum Gasteiger partial charge on any atom is 0.160 e. The van der Waals surface area contributed by atoms with Crippen LogP contribution in [0, 0.1) is 45.3 Å². The standard InChI is InChI=1S/C66H37N9/c67-38-42-27-43(39-68)30-53(29-42)50-21-24-55-56-25-22-51(54-31-44(40-69)28-45(32-54)41-70)35-64(56)75(63(55)34-50)62-26-23-52(60-36-58(46-13-5-1-6-14-46)71-65(73-60)48-17-9-3-10-18-48)33-57(62)61-37-59(47-15-7-2-8-16-47)72-66(74-61)49-19-11-4-12-20-49/h1-37H. The van der Waals surface area contributed by atoms with Crippen molar-refractivity contribution in [1.29, 1.82) is 21.0 Å². The van der Waals surface area contributed by atoms with Gasteiger partial charge in [-0.2, -0.15) is 21.0 Å². The summed E-state index contributed by atoms with van der Waals surface area (Å²) >= 11 is 0. The van der Waals surface area contributed by atoms with Gasteiger partial charge in [-0.25, -0.2) is 19.9 Å². The van der Waals surface area contributed by atoms with Gasteiger partial charge in [-0.3, -0.25) is 0 Å². The van der Waals surface area contributed by atoms with Crippen LogP contribution in [0.5, 0.6) is 0 Å². The fraction of sp³-hybridized carbons (Fsp3) is 0. The Hall–Kier alpha value is -11.1. The van der Waals surface area contributed by atoms with Gasteiger partial charge in [-0.1, -0.05) is 152 Å². The number of fused-ring (bicyclic) bond motifs is 3. The fourth-order valence-electron chi connectivity index (χ4n) is 9.71. The summed E-state index contributed by atoms with van der Waals surface area (Å²) in [5.41, 5.74) is 15.1. The van der Waals surface area contributed by atoms with Gasteiger partial charge in [0.1, 0.15) is 0 Å². The van der Waals surface area contributed by atoms with Crippen molar-refractivity contribution < 1.29 is 0 Å². The second kappa shape index (κ2) is 19.2. The van der Waals surface area contributed by atoms with E-state index in [0.717, 1.165) is 94.5 Å². The number of rotatable bonds is 9. The SMILES string of the molecule is N#Cc1cc(C#N)cc(-c2ccc3c4ccc(-c5cc(C#N)cc(C#N)c5)cc4n(-c4ccc(-c5cc(-c6ccccc6)nc(-c6ccccc6)n5)cc4-c4cc(-c5ccccc5)nc(-c5ccccc5)n4)c3c2)c1. The second-order valence-electron chi connectivity index (χ2n) is 18.0. The topological polar surface area (TPSA) is 152 Å². The van der Waals surface area contributed by atoms with Crippen LogP contribution >= 0.6 is 0 Å². The van der Waals surface area contributed by atoms with E-state index in [1.807, 2.05) is 146 Å². The van der Waals surface area contributed by atoms with Crippen LogP contribution in [0.15, 0.2) is 224 Å². The highest BCUT2D eigenvalue weighted by atomic mass is 15.0. The molecule has 0 bridgehead atoms. The summed E-state index contributed by atoms with van der Waals surface area (Å²) in [5.74, 6) is 1.13. The molecule has 0 fully saturated rings. The monoisotopic (exact) mass is 955 g/mol. The van der Waals surface area contributed by atoms with E-state index in [2.05, 4.69) is 71.3 Å². The van der Waals surface area contributed by atoms with Crippen LogP contribution in [0.25, 0.3) is 118 Å². The van der Waals surface area contributed by atoms with Gasteiger partial charge in [-0.05, 0) is 95.1 Å². The van der Waals surface area contributed by atoms with Crippen LogP contribution in [-0.2, 0) is 0 Å². The third-order valence-electron chi connectivity index (χ3n) is 13.3. The van der Waals surface area contributed by atoms with Crippen LogP contribution in [-0.4, -0.2) is 24.5 Å². The van der Waals surface area contributed by atoms with E-state index in [9.17, 15) is 21.0 Å². The number of hydrogen-bond donors (Lipinski definition) is 0. The molecule has 3 aromatic heterocycles. The molecule has 0 radical (unpaired) electrons. The Morgan fingerprint density at radius 3 is 1.05 bits per heavy atom. The highest BCUT2D eigenvalue weighted by Crippen LogP contribution is 2.42. The molecule has 9 nitrogen and oxygen atoms in total. The Morgan fingerprint density at radius 2 is 0.640 bits per heavy atom. The van der Waals surface area contributed by atoms with Crippen molar-refractivity contribution in [1.82, 2.24) is 24.5 Å². The fourth-order valence-corrected chi connectivity index (χ4v) is 9.71. The molecule has 12 aromatic rings. The molecule has 75 heavy (non-hydrogen) atoms. The zero-order valence-electron chi connectivity index (χ0n) is 39.9. The van der Waals surface area contributed by atoms with Gasteiger partial charge in [-0.15, -0.1) is 0 Å². The normalized spacial score (nSPS) is 10.9. The summed E-state index contributed by atoms with van der Waals surface area (Å²) in [6, 6.07) is 82.2. The van der Waals surface area contributed by atoms with Gasteiger partial charge in [0, 0.05) is 44.2 Å². The number of aromatic nitrogens is 5. The summed E-state index contributed by atoms with van der Waals surface area (Å²) in [6.07, 6.45) is 0. The Balaban J connectivity index is 1.19. The van der Waals surface area contributed by atoms with Crippen LogP contribution in [0.2, 0.25) is 0 Å². The Morgan fingerprint density at radius 1 is 0.280 bits per heavy atom. The molecule has 0 aliphatic rings. The number of benzene rings is 9. The first kappa shape index (κ1) is 45.1. The van der Waals surface area contributed by atoms with Crippen molar-refractivity contribution in [2.75, 3.05) is 0 Å². The Kier molecular flexibility index (Phi) is 11.6. The maximum absolute atomic E-state index is 10.0. The summed E-state index contributed by atoms with van der Waals surface area (Å²) < 4.78 is 2.23. The Bertz CT molecular complexity index is 4070. The van der Waals surface area contributed by atoms with E-state index in [4.69, 9.17) is 19.9 Å². The molecule has 0 N–H and O–H groups in total. The molecule has 12 rings (SSSR count). The molecule has 0 aliphatic carbocycles. The molecular formula is C66H37N9. The third kappa shape index (κ3) is 8.68. The van der Waals surface area contributed by atoms with Crippen molar-refractivity contribution in [3.05, 3.63) is 247 Å². The molecule has 0 atom stereocenters. The molecule has 0 unspecified atom stereocenters. The molecule has 0 saturated heterocycles. The predicted molar refractivity (Wildman–Crippen MR) is 294 cm³/mol. The van der Waals surface area contributed by atoms with E-state index in [0.29, 0.717) is 45.3 Å². The van der Waals surface area contributed by atoms with Crippen molar-refractivity contribution in [3.8, 4) is 120 Å². The van der Waals surface area contributed by atoms with E-state index in [1.165, 1.54) is 0 Å². The number of nitrogens with zero attached hydrogens (tertiary/aromatic N) is 9. The minimum atomic E-state index is 0.381. The van der Waals surface area contributed by atoms with Gasteiger partial charge in [0.2, 0.25) is 0 Å². The minimum Gasteiger partial charge on any atom is -0.309 e. The first-order valence-corrected chi connectivity index (χ1v) is 24.1. The summed E-state index contributed by atoms with van der Waals surface area (Å²) in [6.45, 7) is 0. The lowest BCUT2D eigenvalue weighted by molar-refractivity contribution is 1.15. The average molecular weight is 956 g/mol. The van der Waals surface area contributed by atoms with Crippen molar-refractivity contribution in [3.63, 3.8) is 0 Å². The highest BCUT2D eigenvalue weighted by Gasteiger charge is 2.22. The quantitative estimate of drug-likeness (QED) is 0.139. The lowest BCUT2D eigenvalue weighted by Gasteiger charge is -2.18. The third-order valence-corrected chi connectivity index (χ3v) is 13.3. The smallest absolute Gasteiger partial charge is 0.160 e. The van der Waals surface area contributed by atoms with Crippen molar-refractivity contribution in [2.45, 2.75) is 0 Å². The van der Waals surface area contributed by atoms with E-state index < -0.39 is 0 Å². The summed E-state index contributed by atoms with van der Waals surface area (Å²) in [7, 11) is 0. The zero-order valence-corrected chi connectivity index (χ0v) is 39.9. The summed E-state index contributed by atoms with van der Waals surface area (Å²) in [5, 5.41) is 42.0. The lowest BCUT2D eigenvalue weighted by atomic mass is 9.98. The minimum absolute atomic E-state index is 0.381.